The lowest BCUT2D eigenvalue weighted by molar-refractivity contribution is -0.125. The largest absolute Gasteiger partial charge is 0.352 e. The van der Waals surface area contributed by atoms with Crippen molar-refractivity contribution in [3.05, 3.63) is 60.1 Å². The quantitative estimate of drug-likeness (QED) is 0.760. The molecule has 0 bridgehead atoms. The summed E-state index contributed by atoms with van der Waals surface area (Å²) < 4.78 is 1.85. The SMILES string of the molecule is O=C(NCc1cccnc1-n1ccnc1)[C@H]1CCc2[nH]ncc2C1. The highest BCUT2D eigenvalue weighted by Crippen LogP contribution is 2.24. The predicted molar refractivity (Wildman–Crippen MR) is 87.3 cm³/mol. The van der Waals surface area contributed by atoms with Gasteiger partial charge >= 0.3 is 0 Å². The summed E-state index contributed by atoms with van der Waals surface area (Å²) in [6.45, 7) is 0.453. The fourth-order valence-corrected chi connectivity index (χ4v) is 3.15. The number of aromatic amines is 1. The van der Waals surface area contributed by atoms with Crippen LogP contribution in [-0.2, 0) is 24.2 Å². The van der Waals surface area contributed by atoms with Crippen LogP contribution in [0.15, 0.2) is 43.2 Å². The molecule has 0 saturated carbocycles. The van der Waals surface area contributed by atoms with Crippen LogP contribution in [0.25, 0.3) is 5.82 Å². The van der Waals surface area contributed by atoms with Gasteiger partial charge in [0.1, 0.15) is 12.1 Å². The number of pyridine rings is 1. The molecule has 1 atom stereocenters. The topological polar surface area (TPSA) is 88.5 Å². The van der Waals surface area contributed by atoms with E-state index < -0.39 is 0 Å². The van der Waals surface area contributed by atoms with Gasteiger partial charge in [-0.2, -0.15) is 5.10 Å². The highest BCUT2D eigenvalue weighted by Gasteiger charge is 2.25. The van der Waals surface area contributed by atoms with E-state index in [1.807, 2.05) is 29.1 Å². The van der Waals surface area contributed by atoms with Gasteiger partial charge in [-0.1, -0.05) is 6.07 Å². The van der Waals surface area contributed by atoms with Gasteiger partial charge < -0.3 is 5.32 Å². The van der Waals surface area contributed by atoms with Crippen LogP contribution >= 0.6 is 0 Å². The second-order valence-electron chi connectivity index (χ2n) is 5.99. The summed E-state index contributed by atoms with van der Waals surface area (Å²) in [6, 6.07) is 3.85. The molecular formula is C17H18N6O. The lowest BCUT2D eigenvalue weighted by Gasteiger charge is -2.21. The van der Waals surface area contributed by atoms with E-state index in [1.165, 1.54) is 0 Å². The first-order chi connectivity index (χ1) is 11.8. The zero-order chi connectivity index (χ0) is 16.4. The lowest BCUT2D eigenvalue weighted by atomic mass is 9.87. The van der Waals surface area contributed by atoms with E-state index in [2.05, 4.69) is 25.5 Å². The average Bonchev–Trinajstić information content (AvgIpc) is 3.30. The van der Waals surface area contributed by atoms with Gasteiger partial charge in [0.05, 0.1) is 6.20 Å². The Bertz CT molecular complexity index is 838. The molecular weight excluding hydrogens is 304 g/mol. The van der Waals surface area contributed by atoms with Gasteiger partial charge in [0.2, 0.25) is 5.91 Å². The van der Waals surface area contributed by atoms with Crippen molar-refractivity contribution in [2.75, 3.05) is 0 Å². The fraction of sp³-hybridized carbons (Fsp3) is 0.294. The molecule has 2 N–H and O–H groups in total. The summed E-state index contributed by atoms with van der Waals surface area (Å²) >= 11 is 0. The van der Waals surface area contributed by atoms with Crippen molar-refractivity contribution in [2.45, 2.75) is 25.8 Å². The first-order valence-electron chi connectivity index (χ1n) is 8.02. The molecule has 0 saturated heterocycles. The number of aryl methyl sites for hydroxylation is 1. The van der Waals surface area contributed by atoms with Crippen LogP contribution in [0.1, 0.15) is 23.2 Å². The van der Waals surface area contributed by atoms with Crippen molar-refractivity contribution >= 4 is 5.91 Å². The number of rotatable bonds is 4. The molecule has 0 fully saturated rings. The van der Waals surface area contributed by atoms with Crippen LogP contribution in [0.5, 0.6) is 0 Å². The Morgan fingerprint density at radius 2 is 2.38 bits per heavy atom. The van der Waals surface area contributed by atoms with Gasteiger partial charge in [0.15, 0.2) is 0 Å². The number of carbonyl (C=O) groups excluding carboxylic acids is 1. The second kappa shape index (κ2) is 6.27. The zero-order valence-electron chi connectivity index (χ0n) is 13.1. The molecule has 3 aromatic rings. The molecule has 1 aliphatic carbocycles. The number of hydrogen-bond acceptors (Lipinski definition) is 4. The van der Waals surface area contributed by atoms with Gasteiger partial charge in [-0.25, -0.2) is 9.97 Å². The molecule has 3 aromatic heterocycles. The maximum absolute atomic E-state index is 12.5. The van der Waals surface area contributed by atoms with Crippen LogP contribution in [0.2, 0.25) is 0 Å². The van der Waals surface area contributed by atoms with E-state index in [-0.39, 0.29) is 11.8 Å². The third-order valence-corrected chi connectivity index (χ3v) is 4.46. The Balaban J connectivity index is 1.44. The van der Waals surface area contributed by atoms with Crippen LogP contribution in [0, 0.1) is 5.92 Å². The normalized spacial score (nSPS) is 16.6. The molecule has 3 heterocycles. The van der Waals surface area contributed by atoms with Crippen LogP contribution in [0.3, 0.4) is 0 Å². The number of carbonyl (C=O) groups is 1. The number of aromatic nitrogens is 5. The van der Waals surface area contributed by atoms with Gasteiger partial charge in [-0.05, 0) is 30.9 Å². The zero-order valence-corrected chi connectivity index (χ0v) is 13.1. The number of amides is 1. The molecule has 0 unspecified atom stereocenters. The number of fused-ring (bicyclic) bond motifs is 1. The summed E-state index contributed by atoms with van der Waals surface area (Å²) in [7, 11) is 0. The standard InChI is InChI=1S/C17H18N6O/c24-17(12-3-4-15-14(8-12)10-21-22-15)20-9-13-2-1-5-19-16(13)23-7-6-18-11-23/h1-2,5-7,10-12H,3-4,8-9H2,(H,20,24)(H,21,22)/t12-/m0/s1. The van der Waals surface area contributed by atoms with Crippen molar-refractivity contribution in [1.82, 2.24) is 30.0 Å². The minimum Gasteiger partial charge on any atom is -0.352 e. The number of nitrogens with one attached hydrogen (secondary N) is 2. The molecule has 1 amide bonds. The third-order valence-electron chi connectivity index (χ3n) is 4.46. The molecule has 0 spiro atoms. The van der Waals surface area contributed by atoms with Gasteiger partial charge in [0.25, 0.3) is 0 Å². The summed E-state index contributed by atoms with van der Waals surface area (Å²) in [6.07, 6.45) is 11.3. The smallest absolute Gasteiger partial charge is 0.223 e. The Kier molecular flexibility index (Phi) is 3.82. The molecule has 7 heteroatoms. The average molecular weight is 322 g/mol. The molecule has 24 heavy (non-hydrogen) atoms. The van der Waals surface area contributed by atoms with Crippen molar-refractivity contribution < 1.29 is 4.79 Å². The van der Waals surface area contributed by atoms with Crippen molar-refractivity contribution in [1.29, 1.82) is 0 Å². The molecule has 0 aliphatic heterocycles. The van der Waals surface area contributed by atoms with Crippen molar-refractivity contribution in [3.8, 4) is 5.82 Å². The Labute approximate surface area is 139 Å². The second-order valence-corrected chi connectivity index (χ2v) is 5.99. The number of imidazole rings is 1. The summed E-state index contributed by atoms with van der Waals surface area (Å²) in [5, 5.41) is 10.1. The van der Waals surface area contributed by atoms with Gasteiger partial charge in [0, 0.05) is 42.3 Å². The maximum Gasteiger partial charge on any atom is 0.223 e. The van der Waals surface area contributed by atoms with E-state index in [0.717, 1.165) is 41.9 Å². The first kappa shape index (κ1) is 14.6. The van der Waals surface area contributed by atoms with Crippen molar-refractivity contribution in [3.63, 3.8) is 0 Å². The highest BCUT2D eigenvalue weighted by molar-refractivity contribution is 5.79. The van der Waals surface area contributed by atoms with Crippen LogP contribution in [0.4, 0.5) is 0 Å². The van der Waals surface area contributed by atoms with Gasteiger partial charge in [-0.3, -0.25) is 14.5 Å². The Morgan fingerprint density at radius 3 is 3.25 bits per heavy atom. The number of nitrogens with zero attached hydrogens (tertiary/aromatic N) is 4. The molecule has 1 aliphatic rings. The monoisotopic (exact) mass is 322 g/mol. The predicted octanol–water partition coefficient (Wildman–Crippen LogP) is 1.41. The molecule has 0 radical (unpaired) electrons. The molecule has 0 aromatic carbocycles. The van der Waals surface area contributed by atoms with Crippen LogP contribution < -0.4 is 5.32 Å². The summed E-state index contributed by atoms with van der Waals surface area (Å²) in [5.74, 6) is 0.877. The lowest BCUT2D eigenvalue weighted by Crippen LogP contribution is -2.33. The minimum absolute atomic E-state index is 0.00321. The first-order valence-corrected chi connectivity index (χ1v) is 8.02. The van der Waals surface area contributed by atoms with E-state index in [0.29, 0.717) is 6.54 Å². The number of H-pyrrole nitrogens is 1. The third kappa shape index (κ3) is 2.80. The molecule has 4 rings (SSSR count). The number of hydrogen-bond donors (Lipinski definition) is 2. The van der Waals surface area contributed by atoms with E-state index in [1.54, 1.807) is 18.7 Å². The van der Waals surface area contributed by atoms with Gasteiger partial charge in [-0.15, -0.1) is 0 Å². The van der Waals surface area contributed by atoms with E-state index in [4.69, 9.17) is 0 Å². The van der Waals surface area contributed by atoms with Crippen molar-refractivity contribution in [2.24, 2.45) is 5.92 Å². The summed E-state index contributed by atoms with van der Waals surface area (Å²) in [4.78, 5) is 21.0. The molecule has 122 valence electrons. The highest BCUT2D eigenvalue weighted by atomic mass is 16.1. The van der Waals surface area contributed by atoms with Crippen LogP contribution in [-0.4, -0.2) is 30.6 Å². The van der Waals surface area contributed by atoms with E-state index >= 15 is 0 Å². The summed E-state index contributed by atoms with van der Waals surface area (Å²) in [5.41, 5.74) is 3.28. The van der Waals surface area contributed by atoms with E-state index in [9.17, 15) is 4.79 Å². The molecule has 7 nitrogen and oxygen atoms in total. The minimum atomic E-state index is 0.00321. The Hall–Kier alpha value is -2.96. The maximum atomic E-state index is 12.5. The Morgan fingerprint density at radius 1 is 1.42 bits per heavy atom. The fourth-order valence-electron chi connectivity index (χ4n) is 3.15.